The molecule has 164 valence electrons. The van der Waals surface area contributed by atoms with Crippen LogP contribution in [0.5, 0.6) is 0 Å². The highest BCUT2D eigenvalue weighted by Gasteiger charge is 2.23. The topological polar surface area (TPSA) is 127 Å². The van der Waals surface area contributed by atoms with Gasteiger partial charge in [-0.1, -0.05) is 11.8 Å². The lowest BCUT2D eigenvalue weighted by atomic mass is 10.3. The molecular formula is C19H23N7O3S2. The maximum absolute atomic E-state index is 12.7. The van der Waals surface area contributed by atoms with Crippen LogP contribution < -0.4 is 10.0 Å². The Labute approximate surface area is 184 Å². The van der Waals surface area contributed by atoms with Gasteiger partial charge in [0.1, 0.15) is 5.82 Å². The van der Waals surface area contributed by atoms with E-state index in [1.165, 1.54) is 23.9 Å². The number of nitrogens with zero attached hydrogens (tertiary/aromatic N) is 6. The zero-order valence-corrected chi connectivity index (χ0v) is 18.6. The van der Waals surface area contributed by atoms with Crippen molar-refractivity contribution >= 4 is 44.5 Å². The molecule has 0 atom stereocenters. The number of amides is 1. The summed E-state index contributed by atoms with van der Waals surface area (Å²) in [6.45, 7) is 5.29. The first kappa shape index (κ1) is 21.5. The number of aryl methyl sites for hydroxylation is 1. The van der Waals surface area contributed by atoms with Crippen LogP contribution in [0.15, 0.2) is 46.8 Å². The van der Waals surface area contributed by atoms with Crippen LogP contribution in [0.25, 0.3) is 11.0 Å². The van der Waals surface area contributed by atoms with E-state index in [2.05, 4.69) is 19.9 Å². The summed E-state index contributed by atoms with van der Waals surface area (Å²) in [5.74, 6) is 1.12. The van der Waals surface area contributed by atoms with Crippen LogP contribution in [0.1, 0.15) is 6.92 Å². The number of sulfonamides is 1. The number of rotatable bonds is 6. The van der Waals surface area contributed by atoms with Gasteiger partial charge in [0.15, 0.2) is 5.16 Å². The lowest BCUT2D eigenvalue weighted by Gasteiger charge is -2.35. The highest BCUT2D eigenvalue weighted by Crippen LogP contribution is 2.26. The molecule has 1 fully saturated rings. The summed E-state index contributed by atoms with van der Waals surface area (Å²) in [7, 11) is -3.80. The molecule has 1 aliphatic heterocycles. The summed E-state index contributed by atoms with van der Waals surface area (Å²) in [5, 5.41) is 5.90. The molecule has 0 aliphatic carbocycles. The quantitative estimate of drug-likeness (QED) is 0.537. The van der Waals surface area contributed by atoms with Crippen molar-refractivity contribution in [3.8, 4) is 0 Å². The van der Waals surface area contributed by atoms with Crippen LogP contribution in [0.3, 0.4) is 0 Å². The summed E-state index contributed by atoms with van der Waals surface area (Å²) in [5.41, 5.74) is 1.35. The number of carbonyl (C=O) groups is 1. The van der Waals surface area contributed by atoms with Crippen molar-refractivity contribution in [1.82, 2.24) is 24.4 Å². The van der Waals surface area contributed by atoms with Crippen molar-refractivity contribution in [2.45, 2.75) is 23.5 Å². The molecule has 0 unspecified atom stereocenters. The minimum absolute atomic E-state index is 0.0226. The average Bonchev–Trinajstić information content (AvgIpc) is 3.14. The summed E-state index contributed by atoms with van der Waals surface area (Å²) in [6, 6.07) is 4.64. The number of nitrogens with two attached hydrogens (primary N) is 1. The predicted octanol–water partition coefficient (Wildman–Crippen LogP) is 0.935. The lowest BCUT2D eigenvalue weighted by molar-refractivity contribution is -0.128. The minimum atomic E-state index is -3.80. The van der Waals surface area contributed by atoms with Gasteiger partial charge in [0.05, 0.1) is 27.9 Å². The Morgan fingerprint density at radius 1 is 1.19 bits per heavy atom. The first-order valence-electron chi connectivity index (χ1n) is 9.81. The second kappa shape index (κ2) is 8.81. The molecule has 2 aromatic heterocycles. The number of benzene rings is 1. The van der Waals surface area contributed by atoms with Gasteiger partial charge in [-0.3, -0.25) is 9.78 Å². The second-order valence-corrected chi connectivity index (χ2v) is 9.56. The van der Waals surface area contributed by atoms with E-state index in [0.717, 1.165) is 11.3 Å². The van der Waals surface area contributed by atoms with Crippen LogP contribution >= 0.6 is 11.8 Å². The minimum Gasteiger partial charge on any atom is -0.352 e. The average molecular weight is 462 g/mol. The van der Waals surface area contributed by atoms with Gasteiger partial charge in [0.2, 0.25) is 15.9 Å². The zero-order chi connectivity index (χ0) is 22.0. The molecule has 0 spiro atoms. The number of imidazole rings is 1. The highest BCUT2D eigenvalue weighted by molar-refractivity contribution is 7.99. The van der Waals surface area contributed by atoms with Crippen molar-refractivity contribution in [2.24, 2.45) is 5.14 Å². The Balaban J connectivity index is 1.41. The van der Waals surface area contributed by atoms with Gasteiger partial charge >= 0.3 is 0 Å². The highest BCUT2D eigenvalue weighted by atomic mass is 32.2. The summed E-state index contributed by atoms with van der Waals surface area (Å²) in [6.07, 6.45) is 5.03. The van der Waals surface area contributed by atoms with Crippen molar-refractivity contribution < 1.29 is 13.2 Å². The Morgan fingerprint density at radius 3 is 2.61 bits per heavy atom. The van der Waals surface area contributed by atoms with E-state index >= 15 is 0 Å². The Morgan fingerprint density at radius 2 is 1.97 bits per heavy atom. The zero-order valence-electron chi connectivity index (χ0n) is 17.0. The number of primary sulfonamides is 1. The normalized spacial score (nSPS) is 14.9. The van der Waals surface area contributed by atoms with E-state index in [0.29, 0.717) is 43.4 Å². The number of carbonyl (C=O) groups excluding carboxylic acids is 1. The molecule has 1 aliphatic rings. The van der Waals surface area contributed by atoms with E-state index in [-0.39, 0.29) is 16.6 Å². The molecule has 3 heterocycles. The Bertz CT molecular complexity index is 1190. The third kappa shape index (κ3) is 4.65. The van der Waals surface area contributed by atoms with E-state index in [9.17, 15) is 13.2 Å². The largest absolute Gasteiger partial charge is 0.352 e. The van der Waals surface area contributed by atoms with E-state index in [4.69, 9.17) is 5.14 Å². The third-order valence-corrected chi connectivity index (χ3v) is 7.03. The van der Waals surface area contributed by atoms with Crippen LogP contribution in [-0.4, -0.2) is 70.7 Å². The fourth-order valence-corrected chi connectivity index (χ4v) is 5.05. The van der Waals surface area contributed by atoms with Gasteiger partial charge in [0, 0.05) is 45.1 Å². The van der Waals surface area contributed by atoms with E-state index in [1.807, 2.05) is 16.4 Å². The Hall–Kier alpha value is -2.70. The van der Waals surface area contributed by atoms with E-state index < -0.39 is 10.0 Å². The number of aromatic nitrogens is 4. The maximum atomic E-state index is 12.7. The van der Waals surface area contributed by atoms with Gasteiger partial charge in [-0.25, -0.2) is 23.5 Å². The van der Waals surface area contributed by atoms with Gasteiger partial charge in [-0.15, -0.1) is 0 Å². The van der Waals surface area contributed by atoms with Crippen LogP contribution in [0.2, 0.25) is 0 Å². The number of anilines is 1. The summed E-state index contributed by atoms with van der Waals surface area (Å²) < 4.78 is 25.2. The van der Waals surface area contributed by atoms with Gasteiger partial charge in [0.25, 0.3) is 0 Å². The van der Waals surface area contributed by atoms with Gasteiger partial charge in [-0.05, 0) is 25.1 Å². The lowest BCUT2D eigenvalue weighted by Crippen LogP contribution is -2.49. The molecule has 1 amide bonds. The summed E-state index contributed by atoms with van der Waals surface area (Å²) in [4.78, 5) is 29.7. The molecule has 3 aromatic rings. The first-order valence-corrected chi connectivity index (χ1v) is 12.3. The molecule has 12 heteroatoms. The van der Waals surface area contributed by atoms with Crippen molar-refractivity contribution in [2.75, 3.05) is 36.8 Å². The van der Waals surface area contributed by atoms with Crippen molar-refractivity contribution in [3.63, 3.8) is 0 Å². The van der Waals surface area contributed by atoms with Crippen molar-refractivity contribution in [3.05, 3.63) is 36.8 Å². The monoisotopic (exact) mass is 461 g/mol. The second-order valence-electron chi connectivity index (χ2n) is 7.05. The number of hydrogen-bond acceptors (Lipinski definition) is 8. The van der Waals surface area contributed by atoms with Gasteiger partial charge in [-0.2, -0.15) is 0 Å². The molecule has 0 saturated carbocycles. The standard InChI is InChI=1S/C19H23N7O3S2/c1-2-26-16-4-3-14(31(20,28)29)11-15(16)23-19(26)30-13-18(27)25-9-7-24(8-10-25)17-12-21-5-6-22-17/h3-6,11-12H,2,7-10,13H2,1H3,(H2,20,28,29). The predicted molar refractivity (Wildman–Crippen MR) is 118 cm³/mol. The van der Waals surface area contributed by atoms with Crippen molar-refractivity contribution in [1.29, 1.82) is 0 Å². The van der Waals surface area contributed by atoms with Crippen LogP contribution in [0.4, 0.5) is 5.82 Å². The fraction of sp³-hybridized carbons (Fsp3) is 0.368. The molecular weight excluding hydrogens is 438 g/mol. The molecule has 4 rings (SSSR count). The Kier molecular flexibility index (Phi) is 6.12. The fourth-order valence-electron chi connectivity index (χ4n) is 3.54. The van der Waals surface area contributed by atoms with Crippen LogP contribution in [0, 0.1) is 0 Å². The SMILES string of the molecule is CCn1c(SCC(=O)N2CCN(c3cnccn3)CC2)nc2cc(S(N)(=O)=O)ccc21. The number of hydrogen-bond donors (Lipinski definition) is 1. The molecule has 0 bridgehead atoms. The first-order chi connectivity index (χ1) is 14.9. The van der Waals surface area contributed by atoms with Crippen LogP contribution in [-0.2, 0) is 21.4 Å². The molecule has 2 N–H and O–H groups in total. The number of thioether (sulfide) groups is 1. The molecule has 10 nitrogen and oxygen atoms in total. The number of fused-ring (bicyclic) bond motifs is 1. The number of piperazine rings is 1. The smallest absolute Gasteiger partial charge is 0.238 e. The maximum Gasteiger partial charge on any atom is 0.238 e. The molecule has 1 aromatic carbocycles. The third-order valence-electron chi connectivity index (χ3n) is 5.16. The summed E-state index contributed by atoms with van der Waals surface area (Å²) >= 11 is 1.35. The molecule has 31 heavy (non-hydrogen) atoms. The van der Waals surface area contributed by atoms with Gasteiger partial charge < -0.3 is 14.4 Å². The molecule has 1 saturated heterocycles. The molecule has 0 radical (unpaired) electrons. The van der Waals surface area contributed by atoms with E-state index in [1.54, 1.807) is 24.7 Å².